The second-order valence-electron chi connectivity index (χ2n) is 9.17. The Hall–Kier alpha value is -3.11. The summed E-state index contributed by atoms with van der Waals surface area (Å²) in [6.45, 7) is 6.36. The number of aryl methyl sites for hydroxylation is 1. The number of carbonyl (C=O) groups is 1. The molecule has 2 saturated heterocycles. The van der Waals surface area contributed by atoms with E-state index in [0.717, 1.165) is 26.1 Å². The first-order chi connectivity index (χ1) is 16.1. The molecule has 0 radical (unpaired) electrons. The van der Waals surface area contributed by atoms with Crippen LogP contribution in [0, 0.1) is 12.8 Å². The Morgan fingerprint density at radius 2 is 2.09 bits per heavy atom. The quantitative estimate of drug-likeness (QED) is 0.553. The number of amides is 1. The number of benzene rings is 1. The Morgan fingerprint density at radius 1 is 1.24 bits per heavy atom. The topological polar surface area (TPSA) is 122 Å². The number of carbonyl (C=O) groups excluding carboxylic acids is 1. The molecule has 10 nitrogen and oxygen atoms in total. The Bertz CT molecular complexity index is 1060. The summed E-state index contributed by atoms with van der Waals surface area (Å²) in [7, 11) is 0. The Morgan fingerprint density at radius 3 is 2.88 bits per heavy atom. The van der Waals surface area contributed by atoms with Gasteiger partial charge in [0.25, 0.3) is 0 Å². The lowest BCUT2D eigenvalue weighted by Gasteiger charge is -2.37. The van der Waals surface area contributed by atoms with E-state index in [-0.39, 0.29) is 11.9 Å². The van der Waals surface area contributed by atoms with Gasteiger partial charge in [0.2, 0.25) is 5.91 Å². The highest BCUT2D eigenvalue weighted by molar-refractivity contribution is 5.87. The van der Waals surface area contributed by atoms with Crippen LogP contribution in [0.1, 0.15) is 48.0 Å². The van der Waals surface area contributed by atoms with Gasteiger partial charge in [0.15, 0.2) is 11.5 Å². The molecule has 0 saturated carbocycles. The Labute approximate surface area is 192 Å². The van der Waals surface area contributed by atoms with Crippen LogP contribution in [-0.4, -0.2) is 57.7 Å². The number of hydrogen-bond acceptors (Lipinski definition) is 9. The number of likely N-dealkylation sites (tertiary alicyclic amines) is 1. The zero-order chi connectivity index (χ0) is 22.7. The first-order valence-corrected chi connectivity index (χ1v) is 11.5. The monoisotopic (exact) mass is 451 g/mol. The van der Waals surface area contributed by atoms with Crippen LogP contribution in [0.2, 0.25) is 0 Å². The number of nitrogens with zero attached hydrogens (tertiary/aromatic N) is 5. The highest BCUT2D eigenvalue weighted by Crippen LogP contribution is 2.40. The van der Waals surface area contributed by atoms with Crippen LogP contribution in [0.4, 0.5) is 0 Å². The van der Waals surface area contributed by atoms with Crippen LogP contribution in [0.5, 0.6) is 0 Å². The summed E-state index contributed by atoms with van der Waals surface area (Å²) in [6.07, 6.45) is 5.22. The Kier molecular flexibility index (Phi) is 6.19. The number of aromatic nitrogens is 4. The number of nitrogens with one attached hydrogen (secondary N) is 2. The van der Waals surface area contributed by atoms with Gasteiger partial charge in [0.1, 0.15) is 5.41 Å². The molecule has 2 aliphatic rings. The first-order valence-electron chi connectivity index (χ1n) is 11.5. The van der Waals surface area contributed by atoms with Gasteiger partial charge in [-0.1, -0.05) is 24.3 Å². The van der Waals surface area contributed by atoms with E-state index in [0.29, 0.717) is 43.4 Å². The highest BCUT2D eigenvalue weighted by atomic mass is 16.5. The van der Waals surface area contributed by atoms with E-state index in [1.165, 1.54) is 11.1 Å². The van der Waals surface area contributed by atoms with E-state index >= 15 is 0 Å². The van der Waals surface area contributed by atoms with Gasteiger partial charge in [0, 0.05) is 30.2 Å². The molecular weight excluding hydrogens is 422 g/mol. The standard InChI is InChI=1S/C23H29N7O3/c1-16-4-2-3-5-18(16)15-30-9-6-17(14-30)11-25-22(31)23(21-13-27-29-33-21)7-8-24-19(10-23)20-12-26-28-32-20/h2-5,12-13,17,19,24H,6-11,14-15H2,1H3,(H,25,31). The first kappa shape index (κ1) is 21.7. The maximum atomic E-state index is 13.6. The lowest BCUT2D eigenvalue weighted by Crippen LogP contribution is -2.52. The third-order valence-electron chi connectivity index (χ3n) is 7.06. The van der Waals surface area contributed by atoms with Crippen molar-refractivity contribution in [2.75, 3.05) is 26.2 Å². The van der Waals surface area contributed by atoms with Crippen molar-refractivity contribution in [2.24, 2.45) is 5.92 Å². The van der Waals surface area contributed by atoms with Crippen LogP contribution >= 0.6 is 0 Å². The molecule has 0 bridgehead atoms. The van der Waals surface area contributed by atoms with E-state index < -0.39 is 5.41 Å². The largest absolute Gasteiger partial charge is 0.355 e. The SMILES string of the molecule is Cc1ccccc1CN1CCC(CNC(=O)C2(c3cnno3)CCNC(c3cnno3)C2)C1. The number of rotatable bonds is 7. The number of piperidine rings is 1. The third kappa shape index (κ3) is 4.53. The summed E-state index contributed by atoms with van der Waals surface area (Å²) in [6, 6.07) is 8.32. The third-order valence-corrected chi connectivity index (χ3v) is 7.06. The normalized spacial score (nSPS) is 25.8. The van der Waals surface area contributed by atoms with Crippen molar-refractivity contribution in [3.63, 3.8) is 0 Å². The maximum absolute atomic E-state index is 13.6. The van der Waals surface area contributed by atoms with Crippen LogP contribution in [0.15, 0.2) is 45.7 Å². The van der Waals surface area contributed by atoms with E-state index in [4.69, 9.17) is 9.05 Å². The minimum absolute atomic E-state index is 0.0580. The fourth-order valence-corrected chi connectivity index (χ4v) is 5.09. The van der Waals surface area contributed by atoms with Crippen molar-refractivity contribution in [2.45, 2.75) is 44.2 Å². The van der Waals surface area contributed by atoms with Gasteiger partial charge in [-0.2, -0.15) is 0 Å². The molecule has 3 unspecified atom stereocenters. The minimum atomic E-state index is -0.869. The van der Waals surface area contributed by atoms with Gasteiger partial charge >= 0.3 is 0 Å². The van der Waals surface area contributed by atoms with E-state index in [1.54, 1.807) is 12.4 Å². The van der Waals surface area contributed by atoms with Gasteiger partial charge in [-0.15, -0.1) is 10.2 Å². The average Bonchev–Trinajstić information content (AvgIpc) is 3.62. The van der Waals surface area contributed by atoms with E-state index in [1.807, 2.05) is 0 Å². The molecule has 0 aliphatic carbocycles. The molecule has 1 amide bonds. The molecule has 1 aromatic carbocycles. The lowest BCUT2D eigenvalue weighted by atomic mass is 9.73. The van der Waals surface area contributed by atoms with E-state index in [2.05, 4.69) is 67.5 Å². The van der Waals surface area contributed by atoms with Crippen LogP contribution in [0.3, 0.4) is 0 Å². The van der Waals surface area contributed by atoms with Crippen molar-refractivity contribution >= 4 is 5.91 Å². The van der Waals surface area contributed by atoms with Gasteiger partial charge in [-0.25, -0.2) is 0 Å². The predicted molar refractivity (Wildman–Crippen MR) is 118 cm³/mol. The predicted octanol–water partition coefficient (Wildman–Crippen LogP) is 1.76. The van der Waals surface area contributed by atoms with Gasteiger partial charge in [0.05, 0.1) is 18.4 Å². The van der Waals surface area contributed by atoms with Gasteiger partial charge in [-0.3, -0.25) is 9.69 Å². The van der Waals surface area contributed by atoms with Crippen LogP contribution in [0.25, 0.3) is 0 Å². The van der Waals surface area contributed by atoms with Crippen molar-refractivity contribution in [1.82, 2.24) is 36.3 Å². The van der Waals surface area contributed by atoms with Gasteiger partial charge < -0.3 is 19.7 Å². The summed E-state index contributed by atoms with van der Waals surface area (Å²) in [5.74, 6) is 1.43. The molecule has 2 fully saturated rings. The maximum Gasteiger partial charge on any atom is 0.234 e. The van der Waals surface area contributed by atoms with Crippen molar-refractivity contribution in [3.8, 4) is 0 Å². The lowest BCUT2D eigenvalue weighted by molar-refractivity contribution is -0.129. The number of hydrogen-bond donors (Lipinski definition) is 2. The molecule has 10 heteroatoms. The molecule has 2 N–H and O–H groups in total. The molecule has 5 rings (SSSR count). The van der Waals surface area contributed by atoms with E-state index in [9.17, 15) is 4.79 Å². The van der Waals surface area contributed by atoms with Crippen molar-refractivity contribution < 1.29 is 13.8 Å². The van der Waals surface area contributed by atoms with Crippen LogP contribution < -0.4 is 10.6 Å². The van der Waals surface area contributed by atoms with Crippen molar-refractivity contribution in [1.29, 1.82) is 0 Å². The summed E-state index contributed by atoms with van der Waals surface area (Å²) in [4.78, 5) is 16.0. The molecule has 0 spiro atoms. The molecule has 3 atom stereocenters. The average molecular weight is 452 g/mol. The second kappa shape index (κ2) is 9.40. The molecule has 2 aliphatic heterocycles. The summed E-state index contributed by atoms with van der Waals surface area (Å²) >= 11 is 0. The van der Waals surface area contributed by atoms with Crippen molar-refractivity contribution in [3.05, 3.63) is 59.3 Å². The molecule has 2 aromatic heterocycles. The molecule has 3 aromatic rings. The minimum Gasteiger partial charge on any atom is -0.355 e. The summed E-state index contributed by atoms with van der Waals surface area (Å²) in [5, 5.41) is 21.4. The zero-order valence-electron chi connectivity index (χ0n) is 18.7. The fraction of sp³-hybridized carbons (Fsp3) is 0.522. The molecule has 174 valence electrons. The second-order valence-corrected chi connectivity index (χ2v) is 9.17. The summed E-state index contributed by atoms with van der Waals surface area (Å²) < 4.78 is 10.7. The Balaban J connectivity index is 1.23. The fourth-order valence-electron chi connectivity index (χ4n) is 5.09. The molecular formula is C23H29N7O3. The smallest absolute Gasteiger partial charge is 0.234 e. The van der Waals surface area contributed by atoms with Crippen LogP contribution in [-0.2, 0) is 16.8 Å². The zero-order valence-corrected chi connectivity index (χ0v) is 18.7. The summed E-state index contributed by atoms with van der Waals surface area (Å²) in [5.41, 5.74) is 1.81. The highest BCUT2D eigenvalue weighted by Gasteiger charge is 2.48. The molecule has 4 heterocycles. The molecule has 33 heavy (non-hydrogen) atoms. The van der Waals surface area contributed by atoms with Gasteiger partial charge in [-0.05, 0) is 56.3 Å².